The molecule has 1 aliphatic carbocycles. The van der Waals surface area contributed by atoms with Gasteiger partial charge < -0.3 is 15.2 Å². The van der Waals surface area contributed by atoms with Crippen LogP contribution in [0.4, 0.5) is 10.2 Å². The Morgan fingerprint density at radius 1 is 1.26 bits per heavy atom. The Labute approximate surface area is 206 Å². The lowest BCUT2D eigenvalue weighted by atomic mass is 9.87. The number of fused-ring (bicyclic) bond motifs is 1. The third kappa shape index (κ3) is 5.36. The highest BCUT2D eigenvalue weighted by molar-refractivity contribution is 5.76. The van der Waals surface area contributed by atoms with Crippen LogP contribution >= 0.6 is 0 Å². The number of rotatable bonds is 11. The second-order valence-electron chi connectivity index (χ2n) is 10.6. The number of likely N-dealkylation sites (tertiary alicyclic amines) is 1. The van der Waals surface area contributed by atoms with Gasteiger partial charge in [0.05, 0.1) is 6.10 Å². The summed E-state index contributed by atoms with van der Waals surface area (Å²) in [7, 11) is 0. The Bertz CT molecular complexity index is 1070. The lowest BCUT2D eigenvalue weighted by molar-refractivity contribution is -0.151. The van der Waals surface area contributed by atoms with E-state index in [9.17, 15) is 14.3 Å². The van der Waals surface area contributed by atoms with Crippen LogP contribution in [0.2, 0.25) is 0 Å². The van der Waals surface area contributed by atoms with Crippen molar-refractivity contribution in [2.75, 3.05) is 31.6 Å². The number of aromatic nitrogens is 1. The maximum atomic E-state index is 14.7. The van der Waals surface area contributed by atoms with Gasteiger partial charge in [-0.3, -0.25) is 9.69 Å². The van der Waals surface area contributed by atoms with Crippen molar-refractivity contribution in [2.24, 2.45) is 0 Å². The third-order valence-electron chi connectivity index (χ3n) is 7.80. The van der Waals surface area contributed by atoms with Gasteiger partial charge in [-0.15, -0.1) is 0 Å². The van der Waals surface area contributed by atoms with Crippen molar-refractivity contribution >= 4 is 11.8 Å². The predicted octanol–water partition coefficient (Wildman–Crippen LogP) is 4.87. The molecule has 1 aromatic heterocycles. The molecule has 7 heteroatoms. The number of carbonyl (C=O) groups is 1. The van der Waals surface area contributed by atoms with Crippen LogP contribution in [0.3, 0.4) is 0 Å². The highest BCUT2D eigenvalue weighted by Gasteiger charge is 2.46. The summed E-state index contributed by atoms with van der Waals surface area (Å²) >= 11 is 0. The summed E-state index contributed by atoms with van der Waals surface area (Å²) in [6.45, 7) is 4.84. The molecule has 35 heavy (non-hydrogen) atoms. The van der Waals surface area contributed by atoms with Crippen LogP contribution in [0.1, 0.15) is 73.9 Å². The first-order valence-electron chi connectivity index (χ1n) is 13.0. The van der Waals surface area contributed by atoms with Crippen LogP contribution in [-0.4, -0.2) is 53.3 Å². The van der Waals surface area contributed by atoms with E-state index < -0.39 is 12.0 Å². The lowest BCUT2D eigenvalue weighted by Crippen LogP contribution is -2.55. The lowest BCUT2D eigenvalue weighted by Gasteiger charge is -2.43. The number of aryl methyl sites for hydroxylation is 2. The summed E-state index contributed by atoms with van der Waals surface area (Å²) in [4.78, 5) is 18.8. The number of anilines is 1. The number of ether oxygens (including phenoxy) is 1. The highest BCUT2D eigenvalue weighted by atomic mass is 19.1. The standard InChI is InChI=1S/C28H36FN3O3/c1-28(13-14-28)24-22(9-5-10-23(24)29)25(27(33)34)32-17-21(18-32)35-16-4-2-3-8-20-12-11-19-7-6-15-30-26(19)31-20/h5,9-12,21,25H,2-4,6-8,13-18H2,1H3,(H,30,31)(H,33,34). The summed E-state index contributed by atoms with van der Waals surface area (Å²) < 4.78 is 20.7. The molecule has 1 saturated carbocycles. The van der Waals surface area contributed by atoms with Gasteiger partial charge in [0, 0.05) is 31.9 Å². The molecule has 0 radical (unpaired) electrons. The largest absolute Gasteiger partial charge is 0.480 e. The van der Waals surface area contributed by atoms with Crippen molar-refractivity contribution in [3.8, 4) is 0 Å². The Morgan fingerprint density at radius 3 is 2.86 bits per heavy atom. The first kappa shape index (κ1) is 24.2. The maximum Gasteiger partial charge on any atom is 0.325 e. The Morgan fingerprint density at radius 2 is 2.09 bits per heavy atom. The molecular formula is C28H36FN3O3. The number of carboxylic acid groups (broad SMARTS) is 1. The van der Waals surface area contributed by atoms with Gasteiger partial charge in [-0.25, -0.2) is 9.37 Å². The second-order valence-corrected chi connectivity index (χ2v) is 10.6. The van der Waals surface area contributed by atoms with E-state index in [0.717, 1.165) is 63.0 Å². The zero-order valence-electron chi connectivity index (χ0n) is 20.6. The summed E-state index contributed by atoms with van der Waals surface area (Å²) in [6, 6.07) is 8.39. The minimum atomic E-state index is -0.925. The van der Waals surface area contributed by atoms with Gasteiger partial charge in [-0.05, 0) is 79.2 Å². The quantitative estimate of drug-likeness (QED) is 0.446. The van der Waals surface area contributed by atoms with Crippen molar-refractivity contribution in [3.63, 3.8) is 0 Å². The van der Waals surface area contributed by atoms with Crippen molar-refractivity contribution < 1.29 is 19.0 Å². The van der Waals surface area contributed by atoms with E-state index >= 15 is 0 Å². The van der Waals surface area contributed by atoms with E-state index in [1.165, 1.54) is 18.1 Å². The summed E-state index contributed by atoms with van der Waals surface area (Å²) in [6.07, 6.45) is 8.24. The van der Waals surface area contributed by atoms with Gasteiger partial charge >= 0.3 is 5.97 Å². The van der Waals surface area contributed by atoms with Crippen molar-refractivity contribution in [3.05, 3.63) is 58.5 Å². The number of hydrogen-bond acceptors (Lipinski definition) is 5. The Kier molecular flexibility index (Phi) is 7.07. The van der Waals surface area contributed by atoms with E-state index in [4.69, 9.17) is 9.72 Å². The minimum absolute atomic E-state index is 0.0405. The number of carboxylic acids is 1. The van der Waals surface area contributed by atoms with Crippen LogP contribution in [0, 0.1) is 5.82 Å². The maximum absolute atomic E-state index is 14.7. The number of nitrogens with zero attached hydrogens (tertiary/aromatic N) is 2. The average Bonchev–Trinajstić information content (AvgIpc) is 3.56. The summed E-state index contributed by atoms with van der Waals surface area (Å²) in [5.41, 5.74) is 3.41. The Hall–Kier alpha value is -2.51. The Balaban J connectivity index is 1.05. The average molecular weight is 482 g/mol. The molecule has 5 rings (SSSR count). The first-order valence-corrected chi connectivity index (χ1v) is 13.0. The van der Waals surface area contributed by atoms with Crippen LogP contribution in [0.15, 0.2) is 30.3 Å². The van der Waals surface area contributed by atoms with Crippen molar-refractivity contribution in [1.82, 2.24) is 9.88 Å². The minimum Gasteiger partial charge on any atom is -0.480 e. The molecule has 3 aliphatic rings. The molecular weight excluding hydrogens is 445 g/mol. The molecule has 0 bridgehead atoms. The molecule has 0 amide bonds. The number of benzene rings is 1. The van der Waals surface area contributed by atoms with Crippen LogP contribution in [-0.2, 0) is 27.8 Å². The molecule has 0 spiro atoms. The van der Waals surface area contributed by atoms with E-state index in [2.05, 4.69) is 17.4 Å². The summed E-state index contributed by atoms with van der Waals surface area (Å²) in [5.74, 6) is -0.155. The number of pyridine rings is 1. The number of aliphatic carboxylic acids is 1. The molecule has 1 aromatic carbocycles. The molecule has 2 N–H and O–H groups in total. The van der Waals surface area contributed by atoms with Crippen LogP contribution in [0.5, 0.6) is 0 Å². The molecule has 2 fully saturated rings. The van der Waals surface area contributed by atoms with Gasteiger partial charge in [-0.1, -0.05) is 31.5 Å². The van der Waals surface area contributed by atoms with Gasteiger partial charge in [0.25, 0.3) is 0 Å². The molecule has 1 atom stereocenters. The van der Waals surface area contributed by atoms with Gasteiger partial charge in [-0.2, -0.15) is 0 Å². The SMILES string of the molecule is CC1(c2c(F)cccc2C(C(=O)O)N2CC(OCCCCCc3ccc4c(n3)NCCC4)C2)CC1. The van der Waals surface area contributed by atoms with E-state index in [1.807, 2.05) is 11.8 Å². The predicted molar refractivity (Wildman–Crippen MR) is 133 cm³/mol. The van der Waals surface area contributed by atoms with E-state index in [1.54, 1.807) is 12.1 Å². The van der Waals surface area contributed by atoms with Gasteiger partial charge in [0.1, 0.15) is 17.7 Å². The fourth-order valence-electron chi connectivity index (χ4n) is 5.46. The fourth-order valence-corrected chi connectivity index (χ4v) is 5.46. The summed E-state index contributed by atoms with van der Waals surface area (Å²) in [5, 5.41) is 13.4. The number of nitrogens with one attached hydrogen (secondary N) is 1. The van der Waals surface area contributed by atoms with Crippen LogP contribution < -0.4 is 5.32 Å². The molecule has 3 heterocycles. The zero-order chi connectivity index (χ0) is 24.4. The normalized spacial score (nSPS) is 19.9. The second kappa shape index (κ2) is 10.2. The van der Waals surface area contributed by atoms with Gasteiger partial charge in [0.2, 0.25) is 0 Å². The molecule has 6 nitrogen and oxygen atoms in total. The number of halogens is 1. The first-order chi connectivity index (χ1) is 16.9. The van der Waals surface area contributed by atoms with Crippen LogP contribution in [0.25, 0.3) is 0 Å². The molecule has 188 valence electrons. The van der Waals surface area contributed by atoms with E-state index in [-0.39, 0.29) is 17.3 Å². The fraction of sp³-hybridized carbons (Fsp3) is 0.571. The number of hydrogen-bond donors (Lipinski definition) is 2. The van der Waals surface area contributed by atoms with Crippen molar-refractivity contribution in [2.45, 2.75) is 75.9 Å². The zero-order valence-corrected chi connectivity index (χ0v) is 20.6. The number of unbranched alkanes of at least 4 members (excludes halogenated alkanes) is 2. The third-order valence-corrected chi connectivity index (χ3v) is 7.80. The smallest absolute Gasteiger partial charge is 0.325 e. The van der Waals surface area contributed by atoms with Crippen molar-refractivity contribution in [1.29, 1.82) is 0 Å². The molecule has 1 unspecified atom stereocenters. The molecule has 1 saturated heterocycles. The monoisotopic (exact) mass is 481 g/mol. The van der Waals surface area contributed by atoms with Gasteiger partial charge in [0.15, 0.2) is 0 Å². The molecule has 2 aliphatic heterocycles. The molecule has 2 aromatic rings. The highest BCUT2D eigenvalue weighted by Crippen LogP contribution is 2.51. The van der Waals surface area contributed by atoms with E-state index in [0.29, 0.717) is 30.8 Å². The topological polar surface area (TPSA) is 74.7 Å².